The minimum absolute atomic E-state index is 0.0984. The Balaban J connectivity index is 1.96. The van der Waals surface area contributed by atoms with Gasteiger partial charge in [0.2, 0.25) is 0 Å². The fraction of sp³-hybridized carbons (Fsp3) is 0.571. The molecule has 0 spiro atoms. The van der Waals surface area contributed by atoms with Crippen molar-refractivity contribution in [1.82, 2.24) is 10.2 Å². The highest BCUT2D eigenvalue weighted by atomic mass is 16.6. The maximum absolute atomic E-state index is 12.4. The number of likely N-dealkylation sites (tertiary alicyclic amines) is 1. The van der Waals surface area contributed by atoms with E-state index in [1.54, 1.807) is 25.7 Å². The molecule has 0 saturated carbocycles. The van der Waals surface area contributed by atoms with Crippen molar-refractivity contribution in [3.8, 4) is 0 Å². The lowest BCUT2D eigenvalue weighted by atomic mass is 9.89. The van der Waals surface area contributed by atoms with Gasteiger partial charge in [-0.15, -0.1) is 0 Å². The largest absolute Gasteiger partial charge is 0.481 e. The third-order valence-corrected chi connectivity index (χ3v) is 4.59. The molecule has 0 aliphatic carbocycles. The van der Waals surface area contributed by atoms with Crippen LogP contribution in [-0.4, -0.2) is 52.9 Å². The fourth-order valence-electron chi connectivity index (χ4n) is 3.27. The van der Waals surface area contributed by atoms with Crippen LogP contribution in [0.15, 0.2) is 30.3 Å². The number of ether oxygens (including phenoxy) is 2. The van der Waals surface area contributed by atoms with Crippen molar-refractivity contribution in [2.24, 2.45) is 5.92 Å². The molecular weight excluding hydrogens is 376 g/mol. The molecule has 1 saturated heterocycles. The Labute approximate surface area is 171 Å². The molecule has 0 unspecified atom stereocenters. The summed E-state index contributed by atoms with van der Waals surface area (Å²) in [6, 6.07) is 8.59. The zero-order chi connectivity index (χ0) is 21.4. The number of amides is 2. The van der Waals surface area contributed by atoms with Crippen molar-refractivity contribution in [2.75, 3.05) is 13.1 Å². The zero-order valence-corrected chi connectivity index (χ0v) is 17.2. The SMILES string of the molecule is CC(C)(C)OC(=O)N1CCC[C@@H]([C@@H](CC(=O)O)NC(=O)OCc2ccccc2)C1. The number of hydrogen-bond donors (Lipinski definition) is 2. The third kappa shape index (κ3) is 8.01. The Morgan fingerprint density at radius 2 is 1.93 bits per heavy atom. The van der Waals surface area contributed by atoms with Gasteiger partial charge in [0, 0.05) is 19.1 Å². The van der Waals surface area contributed by atoms with Crippen molar-refractivity contribution in [3.63, 3.8) is 0 Å². The molecule has 2 amide bonds. The lowest BCUT2D eigenvalue weighted by Crippen LogP contribution is -2.50. The van der Waals surface area contributed by atoms with Gasteiger partial charge in [0.25, 0.3) is 0 Å². The van der Waals surface area contributed by atoms with E-state index in [1.807, 2.05) is 30.3 Å². The van der Waals surface area contributed by atoms with E-state index in [0.29, 0.717) is 25.9 Å². The molecule has 1 aromatic rings. The summed E-state index contributed by atoms with van der Waals surface area (Å²) in [7, 11) is 0. The van der Waals surface area contributed by atoms with E-state index in [0.717, 1.165) is 5.56 Å². The van der Waals surface area contributed by atoms with Crippen molar-refractivity contribution in [1.29, 1.82) is 0 Å². The number of piperidine rings is 1. The number of alkyl carbamates (subject to hydrolysis) is 1. The number of aliphatic carboxylic acids is 1. The molecule has 0 aromatic heterocycles. The van der Waals surface area contributed by atoms with E-state index < -0.39 is 29.8 Å². The molecule has 160 valence electrons. The first kappa shape index (κ1) is 22.5. The van der Waals surface area contributed by atoms with Crippen LogP contribution in [0.1, 0.15) is 45.6 Å². The van der Waals surface area contributed by atoms with E-state index in [2.05, 4.69) is 5.32 Å². The second kappa shape index (κ2) is 10.1. The maximum atomic E-state index is 12.4. The van der Waals surface area contributed by atoms with E-state index in [1.165, 1.54) is 0 Å². The van der Waals surface area contributed by atoms with E-state index >= 15 is 0 Å². The van der Waals surface area contributed by atoms with Crippen LogP contribution in [0.3, 0.4) is 0 Å². The molecule has 0 bridgehead atoms. The molecule has 0 radical (unpaired) electrons. The van der Waals surface area contributed by atoms with Gasteiger partial charge in [-0.3, -0.25) is 4.79 Å². The Morgan fingerprint density at radius 3 is 2.55 bits per heavy atom. The number of carboxylic acids is 1. The van der Waals surface area contributed by atoms with Crippen molar-refractivity contribution < 1.29 is 29.0 Å². The summed E-state index contributed by atoms with van der Waals surface area (Å²) in [4.78, 5) is 37.5. The van der Waals surface area contributed by atoms with E-state index in [9.17, 15) is 19.5 Å². The molecule has 2 N–H and O–H groups in total. The van der Waals surface area contributed by atoms with E-state index in [4.69, 9.17) is 9.47 Å². The van der Waals surface area contributed by atoms with Crippen LogP contribution in [-0.2, 0) is 20.9 Å². The second-order valence-electron chi connectivity index (χ2n) is 8.24. The highest BCUT2D eigenvalue weighted by molar-refractivity contribution is 5.72. The molecule has 8 heteroatoms. The molecular formula is C21H30N2O6. The predicted molar refractivity (Wildman–Crippen MR) is 106 cm³/mol. The number of nitrogens with zero attached hydrogens (tertiary/aromatic N) is 1. The van der Waals surface area contributed by atoms with Gasteiger partial charge >= 0.3 is 18.2 Å². The number of carbonyl (C=O) groups excluding carboxylic acids is 2. The molecule has 2 atom stereocenters. The second-order valence-corrected chi connectivity index (χ2v) is 8.24. The van der Waals surface area contributed by atoms with Crippen molar-refractivity contribution in [3.05, 3.63) is 35.9 Å². The Kier molecular flexibility index (Phi) is 7.87. The van der Waals surface area contributed by atoms with Gasteiger partial charge in [-0.2, -0.15) is 0 Å². The zero-order valence-electron chi connectivity index (χ0n) is 17.2. The topological polar surface area (TPSA) is 105 Å². The highest BCUT2D eigenvalue weighted by Gasteiger charge is 2.33. The first-order valence-electron chi connectivity index (χ1n) is 9.81. The summed E-state index contributed by atoms with van der Waals surface area (Å²) in [5, 5.41) is 11.9. The van der Waals surface area contributed by atoms with Crippen LogP contribution in [0.25, 0.3) is 0 Å². The Morgan fingerprint density at radius 1 is 1.24 bits per heavy atom. The Hall–Kier alpha value is -2.77. The minimum Gasteiger partial charge on any atom is -0.481 e. The van der Waals surface area contributed by atoms with Gasteiger partial charge in [0.1, 0.15) is 12.2 Å². The smallest absolute Gasteiger partial charge is 0.410 e. The molecule has 1 fully saturated rings. The van der Waals surface area contributed by atoms with Gasteiger partial charge in [0.15, 0.2) is 0 Å². The van der Waals surface area contributed by atoms with Crippen LogP contribution in [0.2, 0.25) is 0 Å². The van der Waals surface area contributed by atoms with E-state index in [-0.39, 0.29) is 18.9 Å². The number of nitrogens with one attached hydrogen (secondary N) is 1. The van der Waals surface area contributed by atoms with Crippen LogP contribution >= 0.6 is 0 Å². The van der Waals surface area contributed by atoms with Crippen LogP contribution in [0.4, 0.5) is 9.59 Å². The van der Waals surface area contributed by atoms with Gasteiger partial charge in [-0.05, 0) is 45.1 Å². The first-order chi connectivity index (χ1) is 13.6. The number of carbonyl (C=O) groups is 3. The van der Waals surface area contributed by atoms with Crippen LogP contribution in [0, 0.1) is 5.92 Å². The van der Waals surface area contributed by atoms with Gasteiger partial charge in [-0.25, -0.2) is 9.59 Å². The summed E-state index contributed by atoms with van der Waals surface area (Å²) in [5.41, 5.74) is 0.232. The van der Waals surface area contributed by atoms with Gasteiger partial charge in [-0.1, -0.05) is 30.3 Å². The lowest BCUT2D eigenvalue weighted by Gasteiger charge is -2.37. The molecule has 1 aliphatic rings. The molecule has 1 aromatic carbocycles. The molecule has 1 aliphatic heterocycles. The standard InChI is InChI=1S/C21H30N2O6/c1-21(2,3)29-20(27)23-11-7-10-16(13-23)17(12-18(24)25)22-19(26)28-14-15-8-5-4-6-9-15/h4-6,8-9,16-17H,7,10-14H2,1-3H3,(H,22,26)(H,24,25)/t16-,17-/m1/s1. The summed E-state index contributed by atoms with van der Waals surface area (Å²) < 4.78 is 10.6. The third-order valence-electron chi connectivity index (χ3n) is 4.59. The number of carboxylic acid groups (broad SMARTS) is 1. The number of benzene rings is 1. The van der Waals surface area contributed by atoms with Crippen molar-refractivity contribution in [2.45, 2.75) is 58.3 Å². The molecule has 8 nitrogen and oxygen atoms in total. The average Bonchev–Trinajstić information content (AvgIpc) is 2.65. The van der Waals surface area contributed by atoms with Crippen molar-refractivity contribution >= 4 is 18.2 Å². The predicted octanol–water partition coefficient (Wildman–Crippen LogP) is 3.40. The molecule has 29 heavy (non-hydrogen) atoms. The fourth-order valence-corrected chi connectivity index (χ4v) is 3.27. The summed E-state index contributed by atoms with van der Waals surface area (Å²) in [5.74, 6) is -1.22. The van der Waals surface area contributed by atoms with Gasteiger partial charge in [0.05, 0.1) is 6.42 Å². The molecule has 1 heterocycles. The quantitative estimate of drug-likeness (QED) is 0.750. The summed E-state index contributed by atoms with van der Waals surface area (Å²) >= 11 is 0. The average molecular weight is 406 g/mol. The van der Waals surface area contributed by atoms with Crippen LogP contribution < -0.4 is 5.32 Å². The number of rotatable bonds is 6. The minimum atomic E-state index is -1.02. The summed E-state index contributed by atoms with van der Waals surface area (Å²) in [6.45, 7) is 6.36. The number of hydrogen-bond acceptors (Lipinski definition) is 5. The monoisotopic (exact) mass is 406 g/mol. The Bertz CT molecular complexity index is 701. The van der Waals surface area contributed by atoms with Crippen LogP contribution in [0.5, 0.6) is 0 Å². The normalized spacial score (nSPS) is 17.9. The highest BCUT2D eigenvalue weighted by Crippen LogP contribution is 2.23. The first-order valence-corrected chi connectivity index (χ1v) is 9.81. The maximum Gasteiger partial charge on any atom is 0.410 e. The molecule has 2 rings (SSSR count). The summed E-state index contributed by atoms with van der Waals surface area (Å²) in [6.07, 6.45) is 0.0713. The lowest BCUT2D eigenvalue weighted by molar-refractivity contribution is -0.138. The van der Waals surface area contributed by atoms with Gasteiger partial charge < -0.3 is 24.8 Å².